The highest BCUT2D eigenvalue weighted by Crippen LogP contribution is 2.29. The second-order valence-electron chi connectivity index (χ2n) is 3.82. The molecule has 1 atom stereocenters. The quantitative estimate of drug-likeness (QED) is 0.880. The maximum atomic E-state index is 13.7. The number of hydrogen-bond donors (Lipinski definition) is 1. The lowest BCUT2D eigenvalue weighted by atomic mass is 9.99. The van der Waals surface area contributed by atoms with Crippen molar-refractivity contribution in [3.8, 4) is 0 Å². The maximum absolute atomic E-state index is 13.7. The molecule has 1 unspecified atom stereocenters. The minimum atomic E-state index is -0.553. The molecule has 0 bridgehead atoms. The standard InChI is InChI=1S/C13H13F2NS/c1-8-10(5-6-17-8)13(16-2)11-4-3-9(14)7-12(11)15/h3-7,13,16H,1-2H3. The number of thiophene rings is 1. The molecule has 2 aromatic rings. The Morgan fingerprint density at radius 1 is 1.18 bits per heavy atom. The van der Waals surface area contributed by atoms with E-state index in [-0.39, 0.29) is 6.04 Å². The summed E-state index contributed by atoms with van der Waals surface area (Å²) < 4.78 is 26.6. The van der Waals surface area contributed by atoms with Crippen LogP contribution in [0.2, 0.25) is 0 Å². The van der Waals surface area contributed by atoms with Crippen LogP contribution in [-0.4, -0.2) is 7.05 Å². The molecule has 0 amide bonds. The first-order valence-corrected chi connectivity index (χ1v) is 6.17. The highest BCUT2D eigenvalue weighted by molar-refractivity contribution is 7.10. The monoisotopic (exact) mass is 253 g/mol. The Kier molecular flexibility index (Phi) is 3.54. The van der Waals surface area contributed by atoms with Crippen LogP contribution in [-0.2, 0) is 0 Å². The number of nitrogens with one attached hydrogen (secondary N) is 1. The van der Waals surface area contributed by atoms with Crippen molar-refractivity contribution in [3.05, 3.63) is 57.3 Å². The molecule has 0 aliphatic carbocycles. The summed E-state index contributed by atoms with van der Waals surface area (Å²) in [4.78, 5) is 1.13. The minimum Gasteiger partial charge on any atom is -0.309 e. The smallest absolute Gasteiger partial charge is 0.131 e. The van der Waals surface area contributed by atoms with E-state index in [9.17, 15) is 8.78 Å². The average Bonchev–Trinajstić information content (AvgIpc) is 2.69. The van der Waals surface area contributed by atoms with Crippen molar-refractivity contribution in [3.63, 3.8) is 0 Å². The summed E-state index contributed by atoms with van der Waals surface area (Å²) in [6, 6.07) is 5.42. The van der Waals surface area contributed by atoms with Crippen LogP contribution in [0, 0.1) is 18.6 Å². The van der Waals surface area contributed by atoms with E-state index in [4.69, 9.17) is 0 Å². The van der Waals surface area contributed by atoms with E-state index >= 15 is 0 Å². The van der Waals surface area contributed by atoms with Crippen molar-refractivity contribution in [1.82, 2.24) is 5.32 Å². The normalized spacial score (nSPS) is 12.7. The van der Waals surface area contributed by atoms with Crippen molar-refractivity contribution >= 4 is 11.3 Å². The Morgan fingerprint density at radius 3 is 2.47 bits per heavy atom. The SMILES string of the molecule is CNC(c1ccc(F)cc1F)c1ccsc1C. The van der Waals surface area contributed by atoms with Crippen LogP contribution in [0.1, 0.15) is 22.0 Å². The summed E-state index contributed by atoms with van der Waals surface area (Å²) in [5.74, 6) is -1.07. The molecule has 1 aromatic heterocycles. The van der Waals surface area contributed by atoms with Gasteiger partial charge in [0.05, 0.1) is 6.04 Å². The van der Waals surface area contributed by atoms with Crippen LogP contribution in [0.5, 0.6) is 0 Å². The van der Waals surface area contributed by atoms with E-state index < -0.39 is 11.6 Å². The lowest BCUT2D eigenvalue weighted by molar-refractivity contribution is 0.551. The highest BCUT2D eigenvalue weighted by Gasteiger charge is 2.18. The van der Waals surface area contributed by atoms with E-state index in [0.717, 1.165) is 16.5 Å². The number of benzene rings is 1. The first-order valence-electron chi connectivity index (χ1n) is 5.29. The van der Waals surface area contributed by atoms with Crippen LogP contribution in [0.25, 0.3) is 0 Å². The van der Waals surface area contributed by atoms with Crippen molar-refractivity contribution in [2.24, 2.45) is 0 Å². The molecule has 0 saturated carbocycles. The Bertz CT molecular complexity index is 522. The summed E-state index contributed by atoms with van der Waals surface area (Å²) in [6.07, 6.45) is 0. The van der Waals surface area contributed by atoms with Gasteiger partial charge in [0.1, 0.15) is 11.6 Å². The van der Waals surface area contributed by atoms with E-state index in [1.807, 2.05) is 18.4 Å². The summed E-state index contributed by atoms with van der Waals surface area (Å²) in [7, 11) is 1.77. The van der Waals surface area contributed by atoms with Crippen molar-refractivity contribution < 1.29 is 8.78 Å². The second kappa shape index (κ2) is 4.94. The predicted molar refractivity (Wildman–Crippen MR) is 66.3 cm³/mol. The lowest BCUT2D eigenvalue weighted by Gasteiger charge is -2.17. The van der Waals surface area contributed by atoms with Gasteiger partial charge in [0.2, 0.25) is 0 Å². The zero-order valence-corrected chi connectivity index (χ0v) is 10.4. The van der Waals surface area contributed by atoms with Gasteiger partial charge in [-0.15, -0.1) is 11.3 Å². The molecule has 0 aliphatic heterocycles. The first-order chi connectivity index (χ1) is 8.13. The molecule has 0 aliphatic rings. The topological polar surface area (TPSA) is 12.0 Å². The fraction of sp³-hybridized carbons (Fsp3) is 0.231. The molecular weight excluding hydrogens is 240 g/mol. The fourth-order valence-corrected chi connectivity index (χ4v) is 2.65. The molecule has 1 N–H and O–H groups in total. The number of aryl methyl sites for hydroxylation is 1. The Balaban J connectivity index is 2.46. The fourth-order valence-electron chi connectivity index (χ4n) is 1.91. The maximum Gasteiger partial charge on any atom is 0.131 e. The second-order valence-corrected chi connectivity index (χ2v) is 4.94. The van der Waals surface area contributed by atoms with Crippen molar-refractivity contribution in [2.45, 2.75) is 13.0 Å². The molecule has 4 heteroatoms. The molecule has 0 fully saturated rings. The average molecular weight is 253 g/mol. The summed E-state index contributed by atoms with van der Waals surface area (Å²) >= 11 is 1.62. The Hall–Kier alpha value is -1.26. The van der Waals surface area contributed by atoms with Crippen LogP contribution in [0.3, 0.4) is 0 Å². The van der Waals surface area contributed by atoms with Gasteiger partial charge >= 0.3 is 0 Å². The largest absolute Gasteiger partial charge is 0.309 e. The molecule has 0 saturated heterocycles. The minimum absolute atomic E-state index is 0.234. The van der Waals surface area contributed by atoms with E-state index in [1.165, 1.54) is 12.1 Å². The molecular formula is C13H13F2NS. The summed E-state index contributed by atoms with van der Waals surface area (Å²) in [5.41, 5.74) is 1.50. The van der Waals surface area contributed by atoms with Gasteiger partial charge in [0, 0.05) is 16.5 Å². The zero-order valence-electron chi connectivity index (χ0n) is 9.63. The van der Waals surface area contributed by atoms with E-state index in [2.05, 4.69) is 5.32 Å². The van der Waals surface area contributed by atoms with Crippen LogP contribution in [0.4, 0.5) is 8.78 Å². The molecule has 17 heavy (non-hydrogen) atoms. The number of hydrogen-bond acceptors (Lipinski definition) is 2. The van der Waals surface area contributed by atoms with E-state index in [1.54, 1.807) is 18.4 Å². The number of halogens is 2. The van der Waals surface area contributed by atoms with Gasteiger partial charge in [-0.25, -0.2) is 8.78 Å². The van der Waals surface area contributed by atoms with Gasteiger partial charge in [-0.3, -0.25) is 0 Å². The first kappa shape index (κ1) is 12.2. The summed E-state index contributed by atoms with van der Waals surface area (Å²) in [6.45, 7) is 1.99. The van der Waals surface area contributed by atoms with Crippen LogP contribution >= 0.6 is 11.3 Å². The third kappa shape index (κ3) is 2.37. The van der Waals surface area contributed by atoms with Crippen molar-refractivity contribution in [2.75, 3.05) is 7.05 Å². The van der Waals surface area contributed by atoms with Crippen LogP contribution < -0.4 is 5.32 Å². The van der Waals surface area contributed by atoms with Gasteiger partial charge in [-0.2, -0.15) is 0 Å². The van der Waals surface area contributed by atoms with Gasteiger partial charge in [0.25, 0.3) is 0 Å². The third-order valence-corrected chi connectivity index (χ3v) is 3.63. The lowest BCUT2D eigenvalue weighted by Crippen LogP contribution is -2.19. The molecule has 0 spiro atoms. The van der Waals surface area contributed by atoms with Gasteiger partial charge in [-0.1, -0.05) is 6.07 Å². The molecule has 1 heterocycles. The third-order valence-electron chi connectivity index (χ3n) is 2.77. The molecule has 1 aromatic carbocycles. The predicted octanol–water partition coefficient (Wildman–Crippen LogP) is 3.64. The number of rotatable bonds is 3. The van der Waals surface area contributed by atoms with Gasteiger partial charge in [-0.05, 0) is 37.0 Å². The Morgan fingerprint density at radius 2 is 1.94 bits per heavy atom. The Labute approximate surface area is 103 Å². The highest BCUT2D eigenvalue weighted by atomic mass is 32.1. The van der Waals surface area contributed by atoms with Gasteiger partial charge < -0.3 is 5.32 Å². The van der Waals surface area contributed by atoms with Gasteiger partial charge in [0.15, 0.2) is 0 Å². The summed E-state index contributed by atoms with van der Waals surface area (Å²) in [5, 5.41) is 5.03. The van der Waals surface area contributed by atoms with Crippen molar-refractivity contribution in [1.29, 1.82) is 0 Å². The zero-order chi connectivity index (χ0) is 12.4. The molecule has 1 nitrogen and oxygen atoms in total. The molecule has 90 valence electrons. The molecule has 0 radical (unpaired) electrons. The van der Waals surface area contributed by atoms with Crippen LogP contribution in [0.15, 0.2) is 29.6 Å². The molecule has 2 rings (SSSR count). The van der Waals surface area contributed by atoms with E-state index in [0.29, 0.717) is 5.56 Å².